The highest BCUT2D eigenvalue weighted by atomic mass is 15.0. The average molecular weight is 199 g/mol. The second-order valence-electron chi connectivity index (χ2n) is 3.10. The van der Waals surface area contributed by atoms with Crippen LogP contribution in [0.15, 0.2) is 12.1 Å². The minimum absolute atomic E-state index is 0.631. The predicted molar refractivity (Wildman–Crippen MR) is 60.2 cm³/mol. The van der Waals surface area contributed by atoms with E-state index >= 15 is 0 Å². The Morgan fingerprint density at radius 1 is 1.47 bits per heavy atom. The molecule has 0 fully saturated rings. The molecule has 0 spiro atoms. The molecule has 0 aliphatic rings. The minimum atomic E-state index is 0.631. The molecule has 0 saturated carbocycles. The van der Waals surface area contributed by atoms with Crippen LogP contribution in [0.25, 0.3) is 0 Å². The molecule has 1 rings (SSSR count). The van der Waals surface area contributed by atoms with Crippen molar-refractivity contribution in [2.45, 2.75) is 20.3 Å². The maximum Gasteiger partial charge on any atom is 0.127 e. The van der Waals surface area contributed by atoms with Crippen LogP contribution in [0.1, 0.15) is 24.6 Å². The molecule has 15 heavy (non-hydrogen) atoms. The number of pyridine rings is 1. The molecule has 1 heterocycles. The number of nitriles is 1. The van der Waals surface area contributed by atoms with Gasteiger partial charge in [-0.15, -0.1) is 11.8 Å². The molecule has 1 aromatic rings. The first-order valence-corrected chi connectivity index (χ1v) is 4.78. The lowest BCUT2D eigenvalue weighted by atomic mass is 10.2. The molecule has 76 valence electrons. The summed E-state index contributed by atoms with van der Waals surface area (Å²) in [6.45, 7) is 4.44. The SMILES string of the molecule is CC#CCCNc1cc(C#N)cc(C)n1. The van der Waals surface area contributed by atoms with E-state index in [1.807, 2.05) is 13.8 Å². The number of nitrogens with zero attached hydrogens (tertiary/aromatic N) is 2. The summed E-state index contributed by atoms with van der Waals surface area (Å²) in [4.78, 5) is 4.27. The fourth-order valence-corrected chi connectivity index (χ4v) is 1.20. The van der Waals surface area contributed by atoms with Gasteiger partial charge in [-0.2, -0.15) is 5.26 Å². The zero-order chi connectivity index (χ0) is 11.1. The fraction of sp³-hybridized carbons (Fsp3) is 0.333. The summed E-state index contributed by atoms with van der Waals surface area (Å²) in [5, 5.41) is 11.9. The molecule has 0 atom stereocenters. The average Bonchev–Trinajstić information content (AvgIpc) is 2.23. The molecule has 0 aliphatic carbocycles. The summed E-state index contributed by atoms with van der Waals surface area (Å²) in [5.74, 6) is 6.52. The quantitative estimate of drug-likeness (QED) is 0.599. The third-order valence-corrected chi connectivity index (χ3v) is 1.82. The number of nitrogens with one attached hydrogen (secondary N) is 1. The highest BCUT2D eigenvalue weighted by Crippen LogP contribution is 2.08. The van der Waals surface area contributed by atoms with Crippen LogP contribution in [-0.4, -0.2) is 11.5 Å². The van der Waals surface area contributed by atoms with Crippen molar-refractivity contribution in [2.24, 2.45) is 0 Å². The molecule has 0 amide bonds. The molecule has 0 unspecified atom stereocenters. The number of anilines is 1. The second-order valence-corrected chi connectivity index (χ2v) is 3.10. The van der Waals surface area contributed by atoms with E-state index in [1.54, 1.807) is 12.1 Å². The maximum atomic E-state index is 8.77. The van der Waals surface area contributed by atoms with Crippen LogP contribution in [0, 0.1) is 30.1 Å². The number of rotatable bonds is 3. The highest BCUT2D eigenvalue weighted by molar-refractivity contribution is 5.44. The van der Waals surface area contributed by atoms with E-state index in [2.05, 4.69) is 28.2 Å². The van der Waals surface area contributed by atoms with Gasteiger partial charge in [0.05, 0.1) is 11.6 Å². The van der Waals surface area contributed by atoms with E-state index in [4.69, 9.17) is 5.26 Å². The second kappa shape index (κ2) is 5.67. The lowest BCUT2D eigenvalue weighted by molar-refractivity contribution is 1.06. The normalized spacial score (nSPS) is 8.60. The zero-order valence-corrected chi connectivity index (χ0v) is 8.96. The van der Waals surface area contributed by atoms with Gasteiger partial charge >= 0.3 is 0 Å². The van der Waals surface area contributed by atoms with Gasteiger partial charge in [-0.1, -0.05) is 0 Å². The van der Waals surface area contributed by atoms with Crippen molar-refractivity contribution in [1.82, 2.24) is 4.98 Å². The van der Waals surface area contributed by atoms with Crippen molar-refractivity contribution < 1.29 is 0 Å². The monoisotopic (exact) mass is 199 g/mol. The van der Waals surface area contributed by atoms with Gasteiger partial charge in [0.25, 0.3) is 0 Å². The van der Waals surface area contributed by atoms with Crippen LogP contribution in [0.4, 0.5) is 5.82 Å². The number of hydrogen-bond acceptors (Lipinski definition) is 3. The van der Waals surface area contributed by atoms with Gasteiger partial charge in [0.1, 0.15) is 5.82 Å². The van der Waals surface area contributed by atoms with Gasteiger partial charge in [0, 0.05) is 18.7 Å². The summed E-state index contributed by atoms with van der Waals surface area (Å²) in [5.41, 5.74) is 1.48. The van der Waals surface area contributed by atoms with Crippen molar-refractivity contribution in [3.05, 3.63) is 23.4 Å². The summed E-state index contributed by atoms with van der Waals surface area (Å²) in [6, 6.07) is 5.61. The molecule has 0 aromatic carbocycles. The van der Waals surface area contributed by atoms with Gasteiger partial charge in [-0.3, -0.25) is 0 Å². The van der Waals surface area contributed by atoms with E-state index in [0.29, 0.717) is 5.56 Å². The summed E-state index contributed by atoms with van der Waals surface area (Å²) in [6.07, 6.45) is 0.786. The van der Waals surface area contributed by atoms with Crippen LogP contribution in [0.3, 0.4) is 0 Å². The Kier molecular flexibility index (Phi) is 4.19. The van der Waals surface area contributed by atoms with E-state index in [1.165, 1.54) is 0 Å². The third-order valence-electron chi connectivity index (χ3n) is 1.82. The molecule has 0 bridgehead atoms. The Labute approximate surface area is 90.1 Å². The highest BCUT2D eigenvalue weighted by Gasteiger charge is 1.98. The molecule has 0 radical (unpaired) electrons. The lowest BCUT2D eigenvalue weighted by Gasteiger charge is -2.04. The topological polar surface area (TPSA) is 48.7 Å². The Hall–Kier alpha value is -2.00. The first-order chi connectivity index (χ1) is 7.26. The maximum absolute atomic E-state index is 8.77. The van der Waals surface area contributed by atoms with Gasteiger partial charge in [0.2, 0.25) is 0 Å². The predicted octanol–water partition coefficient (Wildman–Crippen LogP) is 2.09. The van der Waals surface area contributed by atoms with Crippen molar-refractivity contribution >= 4 is 5.82 Å². The molecule has 0 saturated heterocycles. The summed E-state index contributed by atoms with van der Waals surface area (Å²) in [7, 11) is 0. The largest absolute Gasteiger partial charge is 0.369 e. The van der Waals surface area contributed by atoms with Gasteiger partial charge in [0.15, 0.2) is 0 Å². The number of aryl methyl sites for hydroxylation is 1. The van der Waals surface area contributed by atoms with Crippen LogP contribution in [0.5, 0.6) is 0 Å². The van der Waals surface area contributed by atoms with Crippen LogP contribution < -0.4 is 5.32 Å². The first-order valence-electron chi connectivity index (χ1n) is 4.78. The molecule has 0 aliphatic heterocycles. The van der Waals surface area contributed by atoms with Gasteiger partial charge in [-0.25, -0.2) is 4.98 Å². The molecule has 3 nitrogen and oxygen atoms in total. The van der Waals surface area contributed by atoms with E-state index in [0.717, 1.165) is 24.5 Å². The van der Waals surface area contributed by atoms with E-state index < -0.39 is 0 Å². The standard InChI is InChI=1S/C12H13N3/c1-3-4-5-6-14-12-8-11(9-13)7-10(2)15-12/h7-8H,5-6H2,1-2H3,(H,14,15). The molecule has 1 aromatic heterocycles. The Balaban J connectivity index is 2.64. The van der Waals surface area contributed by atoms with E-state index in [-0.39, 0.29) is 0 Å². The fourth-order valence-electron chi connectivity index (χ4n) is 1.20. The van der Waals surface area contributed by atoms with Crippen molar-refractivity contribution in [3.8, 4) is 17.9 Å². The molecule has 1 N–H and O–H groups in total. The molecule has 3 heteroatoms. The molecular formula is C12H13N3. The first kappa shape index (κ1) is 11.1. The van der Waals surface area contributed by atoms with Gasteiger partial charge in [-0.05, 0) is 26.0 Å². The van der Waals surface area contributed by atoms with Crippen molar-refractivity contribution in [1.29, 1.82) is 5.26 Å². The number of hydrogen-bond donors (Lipinski definition) is 1. The van der Waals surface area contributed by atoms with Gasteiger partial charge < -0.3 is 5.32 Å². The van der Waals surface area contributed by atoms with Crippen LogP contribution >= 0.6 is 0 Å². The smallest absolute Gasteiger partial charge is 0.127 e. The van der Waals surface area contributed by atoms with Crippen molar-refractivity contribution in [2.75, 3.05) is 11.9 Å². The van der Waals surface area contributed by atoms with E-state index in [9.17, 15) is 0 Å². The Morgan fingerprint density at radius 2 is 2.27 bits per heavy atom. The zero-order valence-electron chi connectivity index (χ0n) is 8.96. The minimum Gasteiger partial charge on any atom is -0.369 e. The lowest BCUT2D eigenvalue weighted by Crippen LogP contribution is -2.03. The summed E-state index contributed by atoms with van der Waals surface area (Å²) >= 11 is 0. The Bertz CT molecular complexity index is 432. The van der Waals surface area contributed by atoms with Crippen LogP contribution in [0.2, 0.25) is 0 Å². The third kappa shape index (κ3) is 3.70. The summed E-state index contributed by atoms with van der Waals surface area (Å²) < 4.78 is 0. The molecular weight excluding hydrogens is 186 g/mol. The number of aromatic nitrogens is 1. The van der Waals surface area contributed by atoms with Crippen LogP contribution in [-0.2, 0) is 0 Å². The Morgan fingerprint density at radius 3 is 2.93 bits per heavy atom. The van der Waals surface area contributed by atoms with Crippen molar-refractivity contribution in [3.63, 3.8) is 0 Å².